The summed E-state index contributed by atoms with van der Waals surface area (Å²) in [6.07, 6.45) is 4.59. The zero-order chi connectivity index (χ0) is 10.5. The van der Waals surface area contributed by atoms with Gasteiger partial charge in [0.2, 0.25) is 11.8 Å². The first-order valence-electron chi connectivity index (χ1n) is 4.74. The van der Waals surface area contributed by atoms with Gasteiger partial charge in [-0.05, 0) is 18.6 Å². The molecule has 78 valence electrons. The highest BCUT2D eigenvalue weighted by molar-refractivity contribution is 5.50. The van der Waals surface area contributed by atoms with Crippen LogP contribution in [-0.2, 0) is 6.42 Å². The molecule has 2 rings (SSSR count). The Balaban J connectivity index is 2.14. The Labute approximate surface area is 86.8 Å². The molecule has 0 amide bonds. The molecule has 0 spiro atoms. The molecule has 0 aliphatic rings. The molecule has 5 heteroatoms. The van der Waals surface area contributed by atoms with Crippen molar-refractivity contribution in [3.05, 3.63) is 30.4 Å². The van der Waals surface area contributed by atoms with E-state index in [1.165, 1.54) is 0 Å². The number of hydrogen-bond acceptors (Lipinski definition) is 5. The van der Waals surface area contributed by atoms with Crippen molar-refractivity contribution in [3.63, 3.8) is 0 Å². The summed E-state index contributed by atoms with van der Waals surface area (Å²) >= 11 is 0. The second kappa shape index (κ2) is 4.65. The van der Waals surface area contributed by atoms with E-state index >= 15 is 0 Å². The van der Waals surface area contributed by atoms with E-state index in [0.29, 0.717) is 24.6 Å². The number of aromatic nitrogens is 3. The molecule has 0 aliphatic heterocycles. The fourth-order valence-electron chi connectivity index (χ4n) is 1.20. The molecule has 0 aromatic carbocycles. The third-order valence-corrected chi connectivity index (χ3v) is 1.94. The van der Waals surface area contributed by atoms with Gasteiger partial charge in [-0.25, -0.2) is 0 Å². The Kier molecular flexibility index (Phi) is 3.04. The lowest BCUT2D eigenvalue weighted by Gasteiger charge is -1.92. The minimum atomic E-state index is 0.132. The van der Waals surface area contributed by atoms with E-state index in [0.717, 1.165) is 5.56 Å². The molecule has 0 radical (unpaired) electrons. The lowest BCUT2D eigenvalue weighted by molar-refractivity contribution is 0.283. The quantitative estimate of drug-likeness (QED) is 0.807. The maximum absolute atomic E-state index is 8.65. The van der Waals surface area contributed by atoms with Crippen molar-refractivity contribution in [1.29, 1.82) is 0 Å². The summed E-state index contributed by atoms with van der Waals surface area (Å²) < 4.78 is 5.41. The summed E-state index contributed by atoms with van der Waals surface area (Å²) in [7, 11) is 0. The van der Waals surface area contributed by atoms with Crippen molar-refractivity contribution in [2.24, 2.45) is 0 Å². The van der Waals surface area contributed by atoms with Crippen LogP contribution in [0.3, 0.4) is 0 Å². The van der Waals surface area contributed by atoms with Gasteiger partial charge in [-0.3, -0.25) is 4.98 Å². The standard InChI is InChI=1S/C10H11N3O2/c14-7-1-2-9-12-13-10(15-9)8-3-5-11-6-4-8/h3-6,14H,1-2,7H2. The molecule has 0 saturated heterocycles. The Hall–Kier alpha value is -1.75. The lowest BCUT2D eigenvalue weighted by Crippen LogP contribution is -1.88. The highest BCUT2D eigenvalue weighted by atomic mass is 16.4. The van der Waals surface area contributed by atoms with Crippen LogP contribution in [0.4, 0.5) is 0 Å². The highest BCUT2D eigenvalue weighted by Crippen LogP contribution is 2.16. The van der Waals surface area contributed by atoms with Gasteiger partial charge in [0.15, 0.2) is 0 Å². The van der Waals surface area contributed by atoms with Gasteiger partial charge in [-0.1, -0.05) is 0 Å². The van der Waals surface area contributed by atoms with Gasteiger partial charge in [0.25, 0.3) is 0 Å². The maximum Gasteiger partial charge on any atom is 0.247 e. The zero-order valence-corrected chi connectivity index (χ0v) is 8.13. The summed E-state index contributed by atoms with van der Waals surface area (Å²) in [5, 5.41) is 16.4. The monoisotopic (exact) mass is 205 g/mol. The summed E-state index contributed by atoms with van der Waals surface area (Å²) in [6, 6.07) is 3.62. The number of aliphatic hydroxyl groups is 1. The van der Waals surface area contributed by atoms with Gasteiger partial charge < -0.3 is 9.52 Å². The van der Waals surface area contributed by atoms with Gasteiger partial charge in [-0.15, -0.1) is 10.2 Å². The molecular formula is C10H11N3O2. The van der Waals surface area contributed by atoms with Gasteiger partial charge in [-0.2, -0.15) is 0 Å². The molecule has 0 aliphatic carbocycles. The Morgan fingerprint density at radius 1 is 1.20 bits per heavy atom. The number of aryl methyl sites for hydroxylation is 1. The van der Waals surface area contributed by atoms with Crippen LogP contribution in [0.25, 0.3) is 11.5 Å². The average molecular weight is 205 g/mol. The van der Waals surface area contributed by atoms with E-state index in [9.17, 15) is 0 Å². The Bertz CT molecular complexity index is 414. The molecular weight excluding hydrogens is 194 g/mol. The van der Waals surface area contributed by atoms with E-state index in [1.54, 1.807) is 12.4 Å². The first kappa shape index (κ1) is 9.79. The summed E-state index contributed by atoms with van der Waals surface area (Å²) in [5.74, 6) is 1.04. The topological polar surface area (TPSA) is 72.0 Å². The van der Waals surface area contributed by atoms with Gasteiger partial charge in [0.05, 0.1) is 0 Å². The summed E-state index contributed by atoms with van der Waals surface area (Å²) in [6.45, 7) is 0.132. The van der Waals surface area contributed by atoms with E-state index in [1.807, 2.05) is 12.1 Å². The molecule has 1 N–H and O–H groups in total. The number of nitrogens with zero attached hydrogens (tertiary/aromatic N) is 3. The van der Waals surface area contributed by atoms with Gasteiger partial charge in [0, 0.05) is 31.0 Å². The SMILES string of the molecule is OCCCc1nnc(-c2ccncc2)o1. The van der Waals surface area contributed by atoms with Crippen molar-refractivity contribution < 1.29 is 9.52 Å². The largest absolute Gasteiger partial charge is 0.421 e. The molecule has 0 unspecified atom stereocenters. The van der Waals surface area contributed by atoms with Crippen molar-refractivity contribution in [2.45, 2.75) is 12.8 Å². The molecule has 0 bridgehead atoms. The minimum absolute atomic E-state index is 0.132. The van der Waals surface area contributed by atoms with Crippen LogP contribution >= 0.6 is 0 Å². The molecule has 0 saturated carbocycles. The van der Waals surface area contributed by atoms with Crippen LogP contribution in [-0.4, -0.2) is 26.9 Å². The third kappa shape index (κ3) is 2.38. The smallest absolute Gasteiger partial charge is 0.247 e. The minimum Gasteiger partial charge on any atom is -0.421 e. The summed E-state index contributed by atoms with van der Waals surface area (Å²) in [5.41, 5.74) is 0.854. The van der Waals surface area contributed by atoms with Crippen LogP contribution in [0.1, 0.15) is 12.3 Å². The van der Waals surface area contributed by atoms with Crippen LogP contribution in [0.5, 0.6) is 0 Å². The molecule has 2 aromatic rings. The first-order chi connectivity index (χ1) is 7.40. The summed E-state index contributed by atoms with van der Waals surface area (Å²) in [4.78, 5) is 3.90. The van der Waals surface area contributed by atoms with Crippen LogP contribution in [0, 0.1) is 0 Å². The van der Waals surface area contributed by atoms with Gasteiger partial charge >= 0.3 is 0 Å². The van der Waals surface area contributed by atoms with Crippen LogP contribution in [0.15, 0.2) is 28.9 Å². The van der Waals surface area contributed by atoms with Crippen molar-refractivity contribution in [3.8, 4) is 11.5 Å². The Morgan fingerprint density at radius 2 is 2.00 bits per heavy atom. The Morgan fingerprint density at radius 3 is 2.73 bits per heavy atom. The second-order valence-corrected chi connectivity index (χ2v) is 3.06. The van der Waals surface area contributed by atoms with E-state index in [2.05, 4.69) is 15.2 Å². The maximum atomic E-state index is 8.65. The van der Waals surface area contributed by atoms with Crippen LogP contribution < -0.4 is 0 Å². The number of rotatable bonds is 4. The molecule has 0 fully saturated rings. The number of pyridine rings is 1. The van der Waals surface area contributed by atoms with Crippen molar-refractivity contribution in [2.75, 3.05) is 6.61 Å². The van der Waals surface area contributed by atoms with Crippen LogP contribution in [0.2, 0.25) is 0 Å². The average Bonchev–Trinajstić information content (AvgIpc) is 2.76. The van der Waals surface area contributed by atoms with E-state index in [-0.39, 0.29) is 6.61 Å². The van der Waals surface area contributed by atoms with E-state index in [4.69, 9.17) is 9.52 Å². The molecule has 2 heterocycles. The van der Waals surface area contributed by atoms with E-state index < -0.39 is 0 Å². The molecule has 5 nitrogen and oxygen atoms in total. The first-order valence-corrected chi connectivity index (χ1v) is 4.74. The third-order valence-electron chi connectivity index (χ3n) is 1.94. The molecule has 2 aromatic heterocycles. The zero-order valence-electron chi connectivity index (χ0n) is 8.13. The predicted molar refractivity (Wildman–Crippen MR) is 52.9 cm³/mol. The second-order valence-electron chi connectivity index (χ2n) is 3.06. The number of aliphatic hydroxyl groups excluding tert-OH is 1. The van der Waals surface area contributed by atoms with Gasteiger partial charge in [0.1, 0.15) is 0 Å². The normalized spacial score (nSPS) is 10.5. The predicted octanol–water partition coefficient (Wildman–Crippen LogP) is 1.06. The fourth-order valence-corrected chi connectivity index (χ4v) is 1.20. The fraction of sp³-hybridized carbons (Fsp3) is 0.300. The molecule has 0 atom stereocenters. The van der Waals surface area contributed by atoms with Crippen molar-refractivity contribution >= 4 is 0 Å². The lowest BCUT2D eigenvalue weighted by atomic mass is 10.3. The van der Waals surface area contributed by atoms with Crippen molar-refractivity contribution in [1.82, 2.24) is 15.2 Å². The number of hydrogen-bond donors (Lipinski definition) is 1. The highest BCUT2D eigenvalue weighted by Gasteiger charge is 2.07. The molecule has 15 heavy (non-hydrogen) atoms.